The molecule has 0 amide bonds. The van der Waals surface area contributed by atoms with Crippen molar-refractivity contribution >= 4 is 37.3 Å². The maximum atomic E-state index is 12.6. The van der Waals surface area contributed by atoms with Crippen molar-refractivity contribution in [3.05, 3.63) is 51.8 Å². The first-order valence-electron chi connectivity index (χ1n) is 7.53. The van der Waals surface area contributed by atoms with Gasteiger partial charge in [-0.1, -0.05) is 30.3 Å². The van der Waals surface area contributed by atoms with Gasteiger partial charge >= 0.3 is 0 Å². The van der Waals surface area contributed by atoms with E-state index in [4.69, 9.17) is 0 Å². The predicted octanol–water partition coefficient (Wildman–Crippen LogP) is 3.58. The van der Waals surface area contributed by atoms with Crippen molar-refractivity contribution in [1.82, 2.24) is 9.21 Å². The first-order valence-corrected chi connectivity index (χ1v) is 10.6. The fourth-order valence-electron chi connectivity index (χ4n) is 2.84. The van der Waals surface area contributed by atoms with Crippen LogP contribution in [0.15, 0.2) is 50.5 Å². The number of rotatable bonds is 4. The van der Waals surface area contributed by atoms with Crippen molar-refractivity contribution in [3.8, 4) is 0 Å². The van der Waals surface area contributed by atoms with Gasteiger partial charge in [-0.15, -0.1) is 11.3 Å². The summed E-state index contributed by atoms with van der Waals surface area (Å²) in [6, 6.07) is 14.1. The molecule has 3 rings (SSSR count). The van der Waals surface area contributed by atoms with E-state index >= 15 is 0 Å². The van der Waals surface area contributed by atoms with Crippen LogP contribution in [0.2, 0.25) is 0 Å². The minimum Gasteiger partial charge on any atom is -0.294 e. The van der Waals surface area contributed by atoms with E-state index < -0.39 is 10.0 Å². The maximum Gasteiger partial charge on any atom is 0.252 e. The van der Waals surface area contributed by atoms with Crippen LogP contribution in [-0.2, 0) is 10.0 Å². The van der Waals surface area contributed by atoms with E-state index in [1.165, 1.54) is 16.9 Å². The zero-order valence-corrected chi connectivity index (χ0v) is 16.1. The molecule has 0 spiro atoms. The number of hydrogen-bond acceptors (Lipinski definition) is 4. The Morgan fingerprint density at radius 1 is 1.04 bits per heavy atom. The second-order valence-electron chi connectivity index (χ2n) is 5.59. The Morgan fingerprint density at radius 2 is 1.70 bits per heavy atom. The van der Waals surface area contributed by atoms with E-state index in [2.05, 4.69) is 39.9 Å². The molecule has 1 aliphatic heterocycles. The van der Waals surface area contributed by atoms with E-state index in [1.807, 2.05) is 18.2 Å². The van der Waals surface area contributed by atoms with Crippen molar-refractivity contribution in [2.45, 2.75) is 17.2 Å². The number of halogens is 1. The van der Waals surface area contributed by atoms with Crippen LogP contribution in [0.5, 0.6) is 0 Å². The lowest BCUT2D eigenvalue weighted by molar-refractivity contribution is 0.146. The summed E-state index contributed by atoms with van der Waals surface area (Å²) < 4.78 is 28.1. The smallest absolute Gasteiger partial charge is 0.252 e. The predicted molar refractivity (Wildman–Crippen MR) is 97.2 cm³/mol. The number of hydrogen-bond donors (Lipinski definition) is 0. The number of nitrogens with zero attached hydrogens (tertiary/aromatic N) is 2. The summed E-state index contributed by atoms with van der Waals surface area (Å²) in [6.07, 6.45) is 0. The molecule has 1 aromatic heterocycles. The first-order chi connectivity index (χ1) is 11.0. The van der Waals surface area contributed by atoms with E-state index in [1.54, 1.807) is 16.4 Å². The molecular formula is C16H19BrN2O2S2. The molecule has 0 saturated carbocycles. The van der Waals surface area contributed by atoms with Gasteiger partial charge in [-0.05, 0) is 40.5 Å². The lowest BCUT2D eigenvalue weighted by atomic mass is 10.1. The van der Waals surface area contributed by atoms with Crippen LogP contribution in [0.4, 0.5) is 0 Å². The summed E-state index contributed by atoms with van der Waals surface area (Å²) in [5.74, 6) is 0. The van der Waals surface area contributed by atoms with Gasteiger partial charge in [0.15, 0.2) is 0 Å². The van der Waals surface area contributed by atoms with Gasteiger partial charge in [0.1, 0.15) is 4.21 Å². The quantitative estimate of drug-likeness (QED) is 0.767. The Hall–Kier alpha value is -0.730. The highest BCUT2D eigenvalue weighted by Crippen LogP contribution is 2.30. The molecular weight excluding hydrogens is 396 g/mol. The Kier molecular flexibility index (Phi) is 5.22. The van der Waals surface area contributed by atoms with Crippen molar-refractivity contribution < 1.29 is 8.42 Å². The standard InChI is InChI=1S/C16H19BrN2O2S2/c1-13(14-5-3-2-4-6-14)18-9-11-19(12-10-18)23(20,21)16-8-7-15(17)22-16/h2-8,13H,9-12H2,1H3. The molecule has 1 saturated heterocycles. The largest absolute Gasteiger partial charge is 0.294 e. The molecule has 1 aliphatic rings. The monoisotopic (exact) mass is 414 g/mol. The summed E-state index contributed by atoms with van der Waals surface area (Å²) >= 11 is 4.60. The Morgan fingerprint density at radius 3 is 2.26 bits per heavy atom. The third kappa shape index (κ3) is 3.69. The summed E-state index contributed by atoms with van der Waals surface area (Å²) in [5, 5.41) is 0. The third-order valence-electron chi connectivity index (χ3n) is 4.25. The van der Waals surface area contributed by atoms with Crippen LogP contribution in [-0.4, -0.2) is 43.8 Å². The van der Waals surface area contributed by atoms with Gasteiger partial charge in [-0.25, -0.2) is 8.42 Å². The molecule has 124 valence electrons. The average molecular weight is 415 g/mol. The van der Waals surface area contributed by atoms with E-state index in [0.29, 0.717) is 23.3 Å². The normalized spacial score (nSPS) is 18.9. The molecule has 4 nitrogen and oxygen atoms in total. The fraction of sp³-hybridized carbons (Fsp3) is 0.375. The molecule has 7 heteroatoms. The molecule has 1 unspecified atom stereocenters. The topological polar surface area (TPSA) is 40.6 Å². The van der Waals surface area contributed by atoms with E-state index in [0.717, 1.165) is 16.9 Å². The van der Waals surface area contributed by atoms with E-state index in [-0.39, 0.29) is 0 Å². The van der Waals surface area contributed by atoms with E-state index in [9.17, 15) is 8.42 Å². The SMILES string of the molecule is CC(c1ccccc1)N1CCN(S(=O)(=O)c2ccc(Br)s2)CC1. The molecule has 2 heterocycles. The molecule has 1 aromatic carbocycles. The van der Waals surface area contributed by atoms with Crippen molar-refractivity contribution in [1.29, 1.82) is 0 Å². The van der Waals surface area contributed by atoms with Crippen LogP contribution in [0.3, 0.4) is 0 Å². The lowest BCUT2D eigenvalue weighted by Crippen LogP contribution is -2.49. The van der Waals surface area contributed by atoms with Gasteiger partial charge < -0.3 is 0 Å². The minimum atomic E-state index is -3.36. The van der Waals surface area contributed by atoms with Gasteiger partial charge in [-0.2, -0.15) is 4.31 Å². The van der Waals surface area contributed by atoms with Gasteiger partial charge in [-0.3, -0.25) is 4.90 Å². The minimum absolute atomic E-state index is 0.303. The highest BCUT2D eigenvalue weighted by Gasteiger charge is 2.31. The number of piperazine rings is 1. The van der Waals surface area contributed by atoms with Crippen molar-refractivity contribution in [2.75, 3.05) is 26.2 Å². The van der Waals surface area contributed by atoms with Gasteiger partial charge in [0.2, 0.25) is 0 Å². The summed E-state index contributed by atoms with van der Waals surface area (Å²) in [4.78, 5) is 2.34. The number of thiophene rings is 1. The molecule has 1 fully saturated rings. The molecule has 0 aliphatic carbocycles. The third-order valence-corrected chi connectivity index (χ3v) is 8.24. The second kappa shape index (κ2) is 7.03. The highest BCUT2D eigenvalue weighted by atomic mass is 79.9. The van der Waals surface area contributed by atoms with Gasteiger partial charge in [0.05, 0.1) is 3.79 Å². The Balaban J connectivity index is 1.67. The molecule has 0 N–H and O–H groups in total. The first kappa shape index (κ1) is 17.1. The molecule has 1 atom stereocenters. The molecule has 23 heavy (non-hydrogen) atoms. The van der Waals surface area contributed by atoms with Crippen LogP contribution in [0.25, 0.3) is 0 Å². The maximum absolute atomic E-state index is 12.6. The van der Waals surface area contributed by atoms with Crippen molar-refractivity contribution in [2.24, 2.45) is 0 Å². The van der Waals surface area contributed by atoms with Crippen LogP contribution >= 0.6 is 27.3 Å². The Bertz CT molecular complexity index is 753. The highest BCUT2D eigenvalue weighted by molar-refractivity contribution is 9.11. The van der Waals surface area contributed by atoms with Crippen LogP contribution < -0.4 is 0 Å². The molecule has 2 aromatic rings. The van der Waals surface area contributed by atoms with Gasteiger partial charge in [0.25, 0.3) is 10.0 Å². The van der Waals surface area contributed by atoms with Gasteiger partial charge in [0, 0.05) is 32.2 Å². The zero-order chi connectivity index (χ0) is 16.4. The number of benzene rings is 1. The Labute approximate surface area is 149 Å². The average Bonchev–Trinajstić information content (AvgIpc) is 3.02. The van der Waals surface area contributed by atoms with Crippen molar-refractivity contribution in [3.63, 3.8) is 0 Å². The molecule has 0 radical (unpaired) electrons. The summed E-state index contributed by atoms with van der Waals surface area (Å²) in [5.41, 5.74) is 1.27. The zero-order valence-electron chi connectivity index (χ0n) is 12.9. The second-order valence-corrected chi connectivity index (χ2v) is 10.2. The molecule has 0 bridgehead atoms. The summed E-state index contributed by atoms with van der Waals surface area (Å²) in [6.45, 7) is 4.75. The summed E-state index contributed by atoms with van der Waals surface area (Å²) in [7, 11) is -3.36. The lowest BCUT2D eigenvalue weighted by Gasteiger charge is -2.37. The fourth-order valence-corrected chi connectivity index (χ4v) is 6.42. The van der Waals surface area contributed by atoms with Crippen LogP contribution in [0, 0.1) is 0 Å². The number of sulfonamides is 1. The van der Waals surface area contributed by atoms with Crippen LogP contribution in [0.1, 0.15) is 18.5 Å².